The summed E-state index contributed by atoms with van der Waals surface area (Å²) in [5.41, 5.74) is 2.64. The normalized spacial score (nSPS) is 13.2. The minimum atomic E-state index is -0.215. The average Bonchev–Trinajstić information content (AvgIpc) is 3.30. The summed E-state index contributed by atoms with van der Waals surface area (Å²) in [5, 5.41) is 2.83. The van der Waals surface area contributed by atoms with Gasteiger partial charge in [0.15, 0.2) is 5.76 Å². The molecule has 1 aliphatic rings. The number of carbonyl (C=O) groups is 2. The predicted octanol–water partition coefficient (Wildman–Crippen LogP) is 2.98. The highest BCUT2D eigenvalue weighted by Gasteiger charge is 2.29. The zero-order valence-corrected chi connectivity index (χ0v) is 16.6. The first-order chi connectivity index (χ1) is 13.5. The van der Waals surface area contributed by atoms with Crippen molar-refractivity contribution in [3.8, 4) is 0 Å². The van der Waals surface area contributed by atoms with E-state index >= 15 is 0 Å². The summed E-state index contributed by atoms with van der Waals surface area (Å²) >= 11 is 0. The van der Waals surface area contributed by atoms with Crippen LogP contribution in [0.5, 0.6) is 0 Å². The third-order valence-corrected chi connectivity index (χ3v) is 4.68. The number of hydrogen-bond donors (Lipinski definition) is 1. The van der Waals surface area contributed by atoms with Gasteiger partial charge in [-0.05, 0) is 54.7 Å². The molecule has 0 atom stereocenters. The van der Waals surface area contributed by atoms with E-state index in [9.17, 15) is 9.59 Å². The van der Waals surface area contributed by atoms with Gasteiger partial charge in [0.1, 0.15) is 6.61 Å². The van der Waals surface area contributed by atoms with Gasteiger partial charge in [-0.1, -0.05) is 0 Å². The predicted molar refractivity (Wildman–Crippen MR) is 107 cm³/mol. The Morgan fingerprint density at radius 2 is 2.04 bits per heavy atom. The first-order valence-corrected chi connectivity index (χ1v) is 9.39. The number of furan rings is 1. The number of methoxy groups -OCH3 is 1. The van der Waals surface area contributed by atoms with Gasteiger partial charge < -0.3 is 24.3 Å². The lowest BCUT2D eigenvalue weighted by atomic mass is 10.1. The van der Waals surface area contributed by atoms with Crippen LogP contribution in [0.1, 0.15) is 29.0 Å². The van der Waals surface area contributed by atoms with Crippen molar-refractivity contribution in [2.24, 2.45) is 5.92 Å². The van der Waals surface area contributed by atoms with E-state index in [1.165, 1.54) is 13.4 Å². The van der Waals surface area contributed by atoms with Gasteiger partial charge in [0.2, 0.25) is 5.91 Å². The lowest BCUT2D eigenvalue weighted by Crippen LogP contribution is -2.33. The Balaban J connectivity index is 1.85. The molecule has 1 aromatic carbocycles. The largest absolute Gasteiger partial charge is 0.459 e. The van der Waals surface area contributed by atoms with Crippen LogP contribution in [-0.4, -0.2) is 51.1 Å². The van der Waals surface area contributed by atoms with E-state index in [-0.39, 0.29) is 18.4 Å². The van der Waals surface area contributed by atoms with E-state index in [4.69, 9.17) is 9.15 Å². The van der Waals surface area contributed by atoms with E-state index in [1.807, 2.05) is 42.1 Å². The van der Waals surface area contributed by atoms with Crippen LogP contribution in [0.25, 0.3) is 0 Å². The third kappa shape index (κ3) is 5.13. The Kier molecular flexibility index (Phi) is 6.36. The number of rotatable bonds is 9. The Morgan fingerprint density at radius 3 is 2.64 bits per heavy atom. The molecule has 150 valence electrons. The number of nitrogens with one attached hydrogen (secondary N) is 1. The first-order valence-electron chi connectivity index (χ1n) is 9.39. The molecule has 1 aliphatic carbocycles. The number of benzene rings is 1. The molecule has 0 radical (unpaired) electrons. The summed E-state index contributed by atoms with van der Waals surface area (Å²) in [6.45, 7) is 1.14. The fourth-order valence-corrected chi connectivity index (χ4v) is 3.15. The summed E-state index contributed by atoms with van der Waals surface area (Å²) in [6, 6.07) is 9.13. The number of nitrogens with zero attached hydrogens (tertiary/aromatic N) is 2. The molecular formula is C21H27N3O4. The van der Waals surface area contributed by atoms with Gasteiger partial charge in [0.05, 0.1) is 6.26 Å². The standard InChI is InChI=1S/C21H27N3O4/c1-23(2)18-9-8-17(22-20(25)14-27-3)11-16(18)13-24(12-15-6-7-15)21(26)19-5-4-10-28-19/h4-5,8-11,15H,6-7,12-14H2,1-3H3,(H,22,25). The van der Waals surface area contributed by atoms with Crippen molar-refractivity contribution in [1.29, 1.82) is 0 Å². The maximum absolute atomic E-state index is 12.9. The summed E-state index contributed by atoms with van der Waals surface area (Å²) < 4.78 is 10.2. The van der Waals surface area contributed by atoms with Crippen LogP contribution < -0.4 is 10.2 Å². The molecule has 7 heteroatoms. The highest BCUT2D eigenvalue weighted by Crippen LogP contribution is 2.32. The molecule has 0 saturated heterocycles. The molecule has 2 amide bonds. The molecule has 1 aromatic heterocycles. The highest BCUT2D eigenvalue weighted by molar-refractivity contribution is 5.93. The average molecular weight is 385 g/mol. The molecule has 0 unspecified atom stereocenters. The van der Waals surface area contributed by atoms with E-state index in [0.717, 1.165) is 24.1 Å². The topological polar surface area (TPSA) is 75.0 Å². The van der Waals surface area contributed by atoms with Gasteiger partial charge in [0, 0.05) is 45.7 Å². The van der Waals surface area contributed by atoms with Crippen LogP contribution in [0.3, 0.4) is 0 Å². The van der Waals surface area contributed by atoms with E-state index < -0.39 is 0 Å². The molecule has 2 aromatic rings. The second-order valence-electron chi connectivity index (χ2n) is 7.33. The first kappa shape index (κ1) is 19.9. The van der Waals surface area contributed by atoms with Gasteiger partial charge in [-0.25, -0.2) is 0 Å². The third-order valence-electron chi connectivity index (χ3n) is 4.68. The molecule has 3 rings (SSSR count). The van der Waals surface area contributed by atoms with Crippen molar-refractivity contribution < 1.29 is 18.7 Å². The zero-order valence-electron chi connectivity index (χ0n) is 16.6. The van der Waals surface area contributed by atoms with Crippen LogP contribution >= 0.6 is 0 Å². The smallest absolute Gasteiger partial charge is 0.289 e. The van der Waals surface area contributed by atoms with Crippen molar-refractivity contribution in [3.63, 3.8) is 0 Å². The minimum absolute atomic E-state index is 0.00441. The number of anilines is 2. The van der Waals surface area contributed by atoms with E-state index in [1.54, 1.807) is 12.1 Å². The molecule has 0 spiro atoms. The fraction of sp³-hybridized carbons (Fsp3) is 0.429. The summed E-state index contributed by atoms with van der Waals surface area (Å²) in [7, 11) is 5.40. The quantitative estimate of drug-likeness (QED) is 0.718. The van der Waals surface area contributed by atoms with Crippen molar-refractivity contribution in [1.82, 2.24) is 4.90 Å². The Hall–Kier alpha value is -2.80. The molecule has 1 saturated carbocycles. The lowest BCUT2D eigenvalue weighted by molar-refractivity contribution is -0.119. The van der Waals surface area contributed by atoms with Gasteiger partial charge in [0.25, 0.3) is 5.91 Å². The van der Waals surface area contributed by atoms with Crippen molar-refractivity contribution >= 4 is 23.2 Å². The number of ether oxygens (including phenoxy) is 1. The molecular weight excluding hydrogens is 358 g/mol. The van der Waals surface area contributed by atoms with Gasteiger partial charge >= 0.3 is 0 Å². The SMILES string of the molecule is COCC(=O)Nc1ccc(N(C)C)c(CN(CC2CC2)C(=O)c2ccco2)c1. The maximum Gasteiger partial charge on any atom is 0.289 e. The zero-order chi connectivity index (χ0) is 20.1. The van der Waals surface area contributed by atoms with Crippen LogP contribution in [0.4, 0.5) is 11.4 Å². The number of hydrogen-bond acceptors (Lipinski definition) is 5. The maximum atomic E-state index is 12.9. The number of carbonyl (C=O) groups excluding carboxylic acids is 2. The van der Waals surface area contributed by atoms with Crippen molar-refractivity contribution in [3.05, 3.63) is 47.9 Å². The molecule has 1 N–H and O–H groups in total. The molecule has 1 heterocycles. The molecule has 0 aliphatic heterocycles. The van der Waals surface area contributed by atoms with E-state index in [2.05, 4.69) is 5.32 Å². The second kappa shape index (κ2) is 8.93. The molecule has 7 nitrogen and oxygen atoms in total. The Bertz CT molecular complexity index is 813. The van der Waals surface area contributed by atoms with Gasteiger partial charge in [-0.2, -0.15) is 0 Å². The molecule has 0 bridgehead atoms. The summed E-state index contributed by atoms with van der Waals surface area (Å²) in [6.07, 6.45) is 3.81. The summed E-state index contributed by atoms with van der Waals surface area (Å²) in [5.74, 6) is 0.561. The Morgan fingerprint density at radius 1 is 1.25 bits per heavy atom. The van der Waals surface area contributed by atoms with Gasteiger partial charge in [-0.3, -0.25) is 9.59 Å². The lowest BCUT2D eigenvalue weighted by Gasteiger charge is -2.25. The van der Waals surface area contributed by atoms with Crippen LogP contribution in [0.2, 0.25) is 0 Å². The monoisotopic (exact) mass is 385 g/mol. The highest BCUT2D eigenvalue weighted by atomic mass is 16.5. The second-order valence-corrected chi connectivity index (χ2v) is 7.33. The van der Waals surface area contributed by atoms with Crippen molar-refractivity contribution in [2.75, 3.05) is 44.6 Å². The molecule has 1 fully saturated rings. The van der Waals surface area contributed by atoms with Crippen LogP contribution in [-0.2, 0) is 16.1 Å². The van der Waals surface area contributed by atoms with Crippen LogP contribution in [0, 0.1) is 5.92 Å². The van der Waals surface area contributed by atoms with Crippen LogP contribution in [0.15, 0.2) is 41.0 Å². The minimum Gasteiger partial charge on any atom is -0.459 e. The summed E-state index contributed by atoms with van der Waals surface area (Å²) in [4.78, 5) is 28.6. The molecule has 28 heavy (non-hydrogen) atoms. The van der Waals surface area contributed by atoms with Crippen molar-refractivity contribution in [2.45, 2.75) is 19.4 Å². The number of amides is 2. The Labute approximate surface area is 165 Å². The van der Waals surface area contributed by atoms with E-state index in [0.29, 0.717) is 30.5 Å². The fourth-order valence-electron chi connectivity index (χ4n) is 3.15. The van der Waals surface area contributed by atoms with Gasteiger partial charge in [-0.15, -0.1) is 0 Å².